The summed E-state index contributed by atoms with van der Waals surface area (Å²) in [5.74, 6) is -0.155. The van der Waals surface area contributed by atoms with Gasteiger partial charge < -0.3 is 4.74 Å². The minimum Gasteiger partial charge on any atom is -0.373 e. The molecule has 0 radical (unpaired) electrons. The van der Waals surface area contributed by atoms with Gasteiger partial charge >= 0.3 is 0 Å². The van der Waals surface area contributed by atoms with Crippen molar-refractivity contribution in [1.29, 1.82) is 0 Å². The van der Waals surface area contributed by atoms with Crippen LogP contribution in [0.4, 0.5) is 0 Å². The number of rotatable bonds is 6. The molecule has 2 heterocycles. The Morgan fingerprint density at radius 3 is 2.80 bits per heavy atom. The number of carbonyl (C=O) groups is 1. The summed E-state index contributed by atoms with van der Waals surface area (Å²) in [5.41, 5.74) is 3.84. The van der Waals surface area contributed by atoms with Crippen LogP contribution in [0.5, 0.6) is 0 Å². The summed E-state index contributed by atoms with van der Waals surface area (Å²) < 4.78 is 7.18. The van der Waals surface area contributed by atoms with Crippen LogP contribution in [0.1, 0.15) is 29.5 Å². The summed E-state index contributed by atoms with van der Waals surface area (Å²) in [6, 6.07) is 7.42. The third-order valence-electron chi connectivity index (χ3n) is 4.18. The zero-order valence-electron chi connectivity index (χ0n) is 14.5. The summed E-state index contributed by atoms with van der Waals surface area (Å²) in [6.45, 7) is 4.56. The molecule has 130 valence electrons. The van der Waals surface area contributed by atoms with Gasteiger partial charge in [-0.3, -0.25) is 9.48 Å². The Bertz CT molecular complexity index is 934. The number of ether oxygens (including phenoxy) is 1. The van der Waals surface area contributed by atoms with E-state index in [-0.39, 0.29) is 12.4 Å². The molecule has 0 aliphatic rings. The van der Waals surface area contributed by atoms with E-state index in [0.29, 0.717) is 22.8 Å². The molecule has 2 aromatic heterocycles. The largest absolute Gasteiger partial charge is 0.373 e. The molecule has 0 saturated carbocycles. The monoisotopic (exact) mass is 357 g/mol. The maximum atomic E-state index is 12.5. The zero-order chi connectivity index (χ0) is 18.0. The van der Waals surface area contributed by atoms with Crippen molar-refractivity contribution in [2.45, 2.75) is 20.3 Å². The summed E-state index contributed by atoms with van der Waals surface area (Å²) in [6.07, 6.45) is 2.66. The minimum atomic E-state index is -0.155. The van der Waals surface area contributed by atoms with Crippen LogP contribution in [-0.4, -0.2) is 33.8 Å². The fraction of sp³-hybridized carbons (Fsp3) is 0.316. The number of hydrogen-bond donors (Lipinski definition) is 0. The molecule has 25 heavy (non-hydrogen) atoms. The number of aromatic nitrogens is 3. The highest BCUT2D eigenvalue weighted by atomic mass is 35.5. The van der Waals surface area contributed by atoms with Crippen LogP contribution in [0.2, 0.25) is 5.02 Å². The smallest absolute Gasteiger partial charge is 0.206 e. The number of carbonyl (C=O) groups excluding carboxylic acids is 1. The van der Waals surface area contributed by atoms with E-state index in [4.69, 9.17) is 16.3 Å². The molecule has 0 bridgehead atoms. The van der Waals surface area contributed by atoms with E-state index in [1.54, 1.807) is 23.0 Å². The minimum absolute atomic E-state index is 0.0161. The zero-order valence-corrected chi connectivity index (χ0v) is 15.3. The number of hydrogen-bond acceptors (Lipinski definition) is 4. The van der Waals surface area contributed by atoms with Gasteiger partial charge in [0.05, 0.1) is 16.7 Å². The summed E-state index contributed by atoms with van der Waals surface area (Å²) in [5, 5.41) is 5.73. The molecule has 0 aliphatic heterocycles. The predicted octanol–water partition coefficient (Wildman–Crippen LogP) is 4.21. The van der Waals surface area contributed by atoms with Crippen molar-refractivity contribution in [3.05, 3.63) is 46.9 Å². The lowest BCUT2D eigenvalue weighted by Crippen LogP contribution is -2.12. The van der Waals surface area contributed by atoms with Crippen LogP contribution >= 0.6 is 11.6 Å². The average molecular weight is 358 g/mol. The second kappa shape index (κ2) is 7.33. The van der Waals surface area contributed by atoms with Crippen LogP contribution in [0.3, 0.4) is 0 Å². The second-order valence-electron chi connectivity index (χ2n) is 5.93. The van der Waals surface area contributed by atoms with Crippen molar-refractivity contribution in [2.75, 3.05) is 13.2 Å². The highest BCUT2D eigenvalue weighted by Gasteiger charge is 2.17. The van der Waals surface area contributed by atoms with E-state index in [0.717, 1.165) is 28.6 Å². The Labute approximate surface area is 151 Å². The first-order chi connectivity index (χ1) is 12.0. The molecule has 5 nitrogen and oxygen atoms in total. The molecular weight excluding hydrogens is 338 g/mol. The summed E-state index contributed by atoms with van der Waals surface area (Å²) >= 11 is 6.34. The van der Waals surface area contributed by atoms with Crippen LogP contribution in [-0.2, 0) is 11.8 Å². The molecule has 0 fully saturated rings. The Kier molecular flexibility index (Phi) is 5.16. The van der Waals surface area contributed by atoms with Crippen LogP contribution in [0, 0.1) is 6.92 Å². The van der Waals surface area contributed by atoms with E-state index in [9.17, 15) is 4.79 Å². The van der Waals surface area contributed by atoms with E-state index < -0.39 is 0 Å². The second-order valence-corrected chi connectivity index (χ2v) is 6.34. The van der Waals surface area contributed by atoms with Gasteiger partial charge in [0.2, 0.25) is 5.78 Å². The lowest BCUT2D eigenvalue weighted by molar-refractivity contribution is 0.0757. The van der Waals surface area contributed by atoms with E-state index in [2.05, 4.69) is 10.1 Å². The summed E-state index contributed by atoms with van der Waals surface area (Å²) in [7, 11) is 1.89. The standard InChI is InChI=1S/C19H20ClN3O2/c1-4-8-25-11-18(24)17-9-14(15-10-21-23(3)12(15)2)13-6-5-7-16(20)19(13)22-17/h5-7,9-10H,4,8,11H2,1-3H3. The van der Waals surface area contributed by atoms with Crippen molar-refractivity contribution in [1.82, 2.24) is 14.8 Å². The molecule has 0 unspecified atom stereocenters. The van der Waals surface area contributed by atoms with E-state index in [1.165, 1.54) is 0 Å². The maximum Gasteiger partial charge on any atom is 0.206 e. The SMILES string of the molecule is CCCOCC(=O)c1cc(-c2cnn(C)c2C)c2cccc(Cl)c2n1. The van der Waals surface area contributed by atoms with Crippen LogP contribution < -0.4 is 0 Å². The predicted molar refractivity (Wildman–Crippen MR) is 99.1 cm³/mol. The number of nitrogens with zero attached hydrogens (tertiary/aromatic N) is 3. The van der Waals surface area contributed by atoms with Crippen molar-refractivity contribution >= 4 is 28.3 Å². The van der Waals surface area contributed by atoms with Crippen molar-refractivity contribution < 1.29 is 9.53 Å². The number of halogens is 1. The van der Waals surface area contributed by atoms with Gasteiger partial charge in [-0.25, -0.2) is 4.98 Å². The third-order valence-corrected chi connectivity index (χ3v) is 4.49. The van der Waals surface area contributed by atoms with Crippen molar-refractivity contribution in [3.63, 3.8) is 0 Å². The number of fused-ring (bicyclic) bond motifs is 1. The Morgan fingerprint density at radius 1 is 1.32 bits per heavy atom. The lowest BCUT2D eigenvalue weighted by Gasteiger charge is -2.10. The first-order valence-electron chi connectivity index (χ1n) is 8.22. The molecule has 0 atom stereocenters. The topological polar surface area (TPSA) is 57.0 Å². The van der Waals surface area contributed by atoms with Gasteiger partial charge in [0.15, 0.2) is 0 Å². The van der Waals surface area contributed by atoms with Gasteiger partial charge in [-0.15, -0.1) is 0 Å². The molecular formula is C19H20ClN3O2. The number of pyridine rings is 1. The maximum absolute atomic E-state index is 12.5. The number of ketones is 1. The number of aryl methyl sites for hydroxylation is 1. The lowest BCUT2D eigenvalue weighted by atomic mass is 10.00. The quantitative estimate of drug-likeness (QED) is 0.490. The fourth-order valence-electron chi connectivity index (χ4n) is 2.73. The Hall–Kier alpha value is -2.24. The van der Waals surface area contributed by atoms with Gasteiger partial charge in [0, 0.05) is 30.3 Å². The fourth-order valence-corrected chi connectivity index (χ4v) is 2.94. The van der Waals surface area contributed by atoms with Gasteiger partial charge in [-0.2, -0.15) is 5.10 Å². The normalized spacial score (nSPS) is 11.2. The molecule has 0 N–H and O–H groups in total. The molecule has 0 amide bonds. The van der Waals surface area contributed by atoms with Crippen LogP contribution in [0.15, 0.2) is 30.5 Å². The molecule has 0 aliphatic carbocycles. The highest BCUT2D eigenvalue weighted by Crippen LogP contribution is 2.33. The third kappa shape index (κ3) is 3.43. The number of para-hydroxylation sites is 1. The van der Waals surface area contributed by atoms with Gasteiger partial charge in [0.1, 0.15) is 12.3 Å². The highest BCUT2D eigenvalue weighted by molar-refractivity contribution is 6.35. The molecule has 3 rings (SSSR count). The van der Waals surface area contributed by atoms with Crippen molar-refractivity contribution in [2.24, 2.45) is 7.05 Å². The van der Waals surface area contributed by atoms with Gasteiger partial charge in [-0.1, -0.05) is 30.7 Å². The molecule has 3 aromatic rings. The van der Waals surface area contributed by atoms with Gasteiger partial charge in [-0.05, 0) is 31.0 Å². The van der Waals surface area contributed by atoms with E-state index in [1.807, 2.05) is 33.0 Å². The average Bonchev–Trinajstić information content (AvgIpc) is 2.94. The first-order valence-corrected chi connectivity index (χ1v) is 8.60. The first kappa shape index (κ1) is 17.6. The van der Waals surface area contributed by atoms with Crippen molar-refractivity contribution in [3.8, 4) is 11.1 Å². The molecule has 0 spiro atoms. The number of Topliss-reactive ketones (excluding diaryl/α,β-unsaturated/α-hetero) is 1. The summed E-state index contributed by atoms with van der Waals surface area (Å²) in [4.78, 5) is 17.0. The Morgan fingerprint density at radius 2 is 2.12 bits per heavy atom. The molecule has 0 saturated heterocycles. The molecule has 1 aromatic carbocycles. The van der Waals surface area contributed by atoms with E-state index >= 15 is 0 Å². The Balaban J connectivity index is 2.16. The molecule has 6 heteroatoms. The van der Waals surface area contributed by atoms with Crippen LogP contribution in [0.25, 0.3) is 22.0 Å². The number of benzene rings is 1. The van der Waals surface area contributed by atoms with Gasteiger partial charge in [0.25, 0.3) is 0 Å².